The van der Waals surface area contributed by atoms with Crippen molar-refractivity contribution in [3.05, 3.63) is 48.5 Å². The van der Waals surface area contributed by atoms with Crippen LogP contribution in [0.4, 0.5) is 4.79 Å². The van der Waals surface area contributed by atoms with Gasteiger partial charge in [0.15, 0.2) is 5.65 Å². The molecule has 29 heavy (non-hydrogen) atoms. The molecule has 1 aliphatic carbocycles. The number of imidazole rings is 1. The van der Waals surface area contributed by atoms with Gasteiger partial charge in [-0.15, -0.1) is 0 Å². The summed E-state index contributed by atoms with van der Waals surface area (Å²) in [6.45, 7) is 0. The molecular formula is C21H21N5O3. The minimum atomic E-state index is -0.972. The first-order chi connectivity index (χ1) is 14.1. The van der Waals surface area contributed by atoms with Gasteiger partial charge in [-0.25, -0.2) is 14.8 Å². The Labute approximate surface area is 166 Å². The molecule has 8 nitrogen and oxygen atoms in total. The van der Waals surface area contributed by atoms with Gasteiger partial charge in [0.1, 0.15) is 11.6 Å². The summed E-state index contributed by atoms with van der Waals surface area (Å²) in [4.78, 5) is 23.8. The predicted molar refractivity (Wildman–Crippen MR) is 108 cm³/mol. The smallest absolute Gasteiger partial charge is 0.404 e. The van der Waals surface area contributed by atoms with E-state index in [0.29, 0.717) is 0 Å². The summed E-state index contributed by atoms with van der Waals surface area (Å²) in [5, 5.41) is 11.7. The highest BCUT2D eigenvalue weighted by Gasteiger charge is 2.31. The third-order valence-corrected chi connectivity index (χ3v) is 5.69. The standard InChI is InChI=1S/C21H21N5O3/c1-29-15-6-3-12(4-7-15)18-17-11-23-19-16(8-9-22-19)26(17)20(25-18)13-2-5-14(10-13)24-21(27)28/h3-4,6-9,11,13-14,22,24H,2,5,10H2,1H3,(H,27,28)/t13-,14+/m1/s1. The number of aromatic nitrogens is 4. The lowest BCUT2D eigenvalue weighted by atomic mass is 10.1. The lowest BCUT2D eigenvalue weighted by Gasteiger charge is -2.11. The summed E-state index contributed by atoms with van der Waals surface area (Å²) in [6.07, 6.45) is 5.18. The van der Waals surface area contributed by atoms with E-state index < -0.39 is 6.09 Å². The van der Waals surface area contributed by atoms with Crippen LogP contribution < -0.4 is 10.1 Å². The van der Waals surface area contributed by atoms with Gasteiger partial charge in [-0.3, -0.25) is 4.40 Å². The number of methoxy groups -OCH3 is 1. The van der Waals surface area contributed by atoms with Crippen molar-refractivity contribution in [1.29, 1.82) is 0 Å². The summed E-state index contributed by atoms with van der Waals surface area (Å²) in [6, 6.07) is 9.79. The molecule has 0 saturated heterocycles. The molecule has 1 aliphatic rings. The molecule has 3 N–H and O–H groups in total. The molecule has 0 radical (unpaired) electrons. The van der Waals surface area contributed by atoms with Crippen molar-refractivity contribution in [2.24, 2.45) is 0 Å². The zero-order valence-corrected chi connectivity index (χ0v) is 15.9. The van der Waals surface area contributed by atoms with Crippen LogP contribution in [0.5, 0.6) is 5.75 Å². The summed E-state index contributed by atoms with van der Waals surface area (Å²) in [5.41, 5.74) is 4.57. The first kappa shape index (κ1) is 17.5. The second-order valence-electron chi connectivity index (χ2n) is 7.39. The van der Waals surface area contributed by atoms with Crippen molar-refractivity contribution in [3.8, 4) is 17.0 Å². The van der Waals surface area contributed by atoms with Gasteiger partial charge in [0.2, 0.25) is 0 Å². The Balaban J connectivity index is 1.65. The SMILES string of the molecule is COc1ccc(-c2nc([C@@H]3CC[C@H](NC(=O)O)C3)n3c2cnc2[nH]ccc23)cc1. The quantitative estimate of drug-likeness (QED) is 0.491. The largest absolute Gasteiger partial charge is 0.497 e. The van der Waals surface area contributed by atoms with Crippen molar-refractivity contribution < 1.29 is 14.6 Å². The molecule has 0 aliphatic heterocycles. The number of nitrogens with one attached hydrogen (secondary N) is 2. The van der Waals surface area contributed by atoms with E-state index in [4.69, 9.17) is 14.8 Å². The normalized spacial score (nSPS) is 19.1. The van der Waals surface area contributed by atoms with Gasteiger partial charge >= 0.3 is 6.09 Å². The van der Waals surface area contributed by atoms with Gasteiger partial charge < -0.3 is 20.1 Å². The van der Waals surface area contributed by atoms with Crippen molar-refractivity contribution >= 4 is 22.8 Å². The summed E-state index contributed by atoms with van der Waals surface area (Å²) >= 11 is 0. The molecule has 3 aromatic heterocycles. The topological polar surface area (TPSA) is 105 Å². The monoisotopic (exact) mass is 391 g/mol. The van der Waals surface area contributed by atoms with Gasteiger partial charge in [-0.1, -0.05) is 0 Å². The summed E-state index contributed by atoms with van der Waals surface area (Å²) < 4.78 is 7.43. The number of benzene rings is 1. The van der Waals surface area contributed by atoms with E-state index in [1.165, 1.54) is 0 Å². The molecule has 3 heterocycles. The van der Waals surface area contributed by atoms with Gasteiger partial charge in [0.05, 0.1) is 30.0 Å². The molecule has 5 rings (SSSR count). The fraction of sp³-hybridized carbons (Fsp3) is 0.286. The number of carbonyl (C=O) groups is 1. The number of H-pyrrole nitrogens is 1. The second-order valence-corrected chi connectivity index (χ2v) is 7.39. The van der Waals surface area contributed by atoms with Crippen LogP contribution in [0.25, 0.3) is 27.9 Å². The number of fused-ring (bicyclic) bond motifs is 3. The van der Waals surface area contributed by atoms with E-state index in [1.807, 2.05) is 42.7 Å². The Bertz CT molecular complexity index is 1190. The Kier molecular flexibility index (Phi) is 4.12. The maximum Gasteiger partial charge on any atom is 0.404 e. The van der Waals surface area contributed by atoms with E-state index in [9.17, 15) is 4.79 Å². The van der Waals surface area contributed by atoms with Crippen molar-refractivity contribution in [3.63, 3.8) is 0 Å². The maximum atomic E-state index is 11.0. The average Bonchev–Trinajstić information content (AvgIpc) is 3.44. The van der Waals surface area contributed by atoms with Gasteiger partial charge in [-0.05, 0) is 49.6 Å². The average molecular weight is 391 g/mol. The van der Waals surface area contributed by atoms with Crippen molar-refractivity contribution in [2.45, 2.75) is 31.2 Å². The number of rotatable bonds is 4. The zero-order valence-electron chi connectivity index (χ0n) is 15.9. The molecule has 2 atom stereocenters. The fourth-order valence-corrected chi connectivity index (χ4v) is 4.34. The fourth-order valence-electron chi connectivity index (χ4n) is 4.34. The lowest BCUT2D eigenvalue weighted by Crippen LogP contribution is -2.31. The number of carboxylic acid groups (broad SMARTS) is 1. The molecule has 4 aromatic rings. The van der Waals surface area contributed by atoms with Crippen molar-refractivity contribution in [1.82, 2.24) is 24.7 Å². The highest BCUT2D eigenvalue weighted by atomic mass is 16.5. The van der Waals surface area contributed by atoms with Crippen LogP contribution >= 0.6 is 0 Å². The molecule has 8 heteroatoms. The molecule has 1 fully saturated rings. The molecule has 148 valence electrons. The minimum absolute atomic E-state index is 0.0437. The molecule has 0 bridgehead atoms. The predicted octanol–water partition coefficient (Wildman–Crippen LogP) is 3.79. The highest BCUT2D eigenvalue weighted by molar-refractivity contribution is 5.84. The van der Waals surface area contributed by atoms with E-state index in [-0.39, 0.29) is 12.0 Å². The summed E-state index contributed by atoms with van der Waals surface area (Å²) in [5.74, 6) is 1.92. The van der Waals surface area contributed by atoms with Crippen LogP contribution in [0.15, 0.2) is 42.7 Å². The number of ether oxygens (including phenoxy) is 1. The van der Waals surface area contributed by atoms with Crippen molar-refractivity contribution in [2.75, 3.05) is 7.11 Å². The third-order valence-electron chi connectivity index (χ3n) is 5.69. The van der Waals surface area contributed by atoms with Crippen LogP contribution in [0.3, 0.4) is 0 Å². The molecule has 1 saturated carbocycles. The van der Waals surface area contributed by atoms with Crippen LogP contribution in [-0.2, 0) is 0 Å². The van der Waals surface area contributed by atoms with Gasteiger partial charge in [0, 0.05) is 23.7 Å². The first-order valence-corrected chi connectivity index (χ1v) is 9.62. The number of nitrogens with zero attached hydrogens (tertiary/aromatic N) is 3. The Morgan fingerprint density at radius 1 is 1.24 bits per heavy atom. The Morgan fingerprint density at radius 3 is 2.83 bits per heavy atom. The molecule has 0 unspecified atom stereocenters. The van der Waals surface area contributed by atoms with E-state index in [0.717, 1.165) is 58.8 Å². The second kappa shape index (κ2) is 6.80. The molecule has 0 spiro atoms. The van der Waals surface area contributed by atoms with Gasteiger partial charge in [0.25, 0.3) is 0 Å². The Hall–Kier alpha value is -3.55. The number of aromatic amines is 1. The number of hydrogen-bond donors (Lipinski definition) is 3. The van der Waals surface area contributed by atoms with Crippen LogP contribution in [0.1, 0.15) is 31.0 Å². The molecular weight excluding hydrogens is 370 g/mol. The number of amides is 1. The van der Waals surface area contributed by atoms with E-state index in [2.05, 4.69) is 19.7 Å². The van der Waals surface area contributed by atoms with Crippen LogP contribution in [0.2, 0.25) is 0 Å². The molecule has 1 amide bonds. The van der Waals surface area contributed by atoms with E-state index >= 15 is 0 Å². The first-order valence-electron chi connectivity index (χ1n) is 9.62. The maximum absolute atomic E-state index is 11.0. The van der Waals surface area contributed by atoms with Crippen LogP contribution in [-0.4, -0.2) is 43.7 Å². The minimum Gasteiger partial charge on any atom is -0.497 e. The Morgan fingerprint density at radius 2 is 2.07 bits per heavy atom. The number of hydrogen-bond acceptors (Lipinski definition) is 4. The summed E-state index contributed by atoms with van der Waals surface area (Å²) in [7, 11) is 1.65. The third kappa shape index (κ3) is 2.97. The molecule has 1 aromatic carbocycles. The van der Waals surface area contributed by atoms with E-state index in [1.54, 1.807) is 7.11 Å². The van der Waals surface area contributed by atoms with Crippen LogP contribution in [0, 0.1) is 0 Å². The lowest BCUT2D eigenvalue weighted by molar-refractivity contribution is 0.190. The highest BCUT2D eigenvalue weighted by Crippen LogP contribution is 2.38. The van der Waals surface area contributed by atoms with Gasteiger partial charge in [-0.2, -0.15) is 0 Å². The zero-order chi connectivity index (χ0) is 20.0.